The first-order valence-electron chi connectivity index (χ1n) is 5.74. The van der Waals surface area contributed by atoms with Crippen molar-refractivity contribution in [2.24, 2.45) is 0 Å². The average Bonchev–Trinajstić information content (AvgIpc) is 2.28. The van der Waals surface area contributed by atoms with Crippen LogP contribution >= 0.6 is 0 Å². The van der Waals surface area contributed by atoms with Gasteiger partial charge >= 0.3 is 0 Å². The number of anilines is 1. The first-order valence-corrected chi connectivity index (χ1v) is 5.74. The van der Waals surface area contributed by atoms with E-state index in [2.05, 4.69) is 5.32 Å². The first-order chi connectivity index (χ1) is 7.95. The van der Waals surface area contributed by atoms with Crippen molar-refractivity contribution in [3.63, 3.8) is 0 Å². The molecule has 0 saturated carbocycles. The lowest BCUT2D eigenvalue weighted by molar-refractivity contribution is -0.905. The lowest BCUT2D eigenvalue weighted by atomic mass is 10.2. The number of aliphatic hydroxyl groups is 1. The number of likely N-dealkylation sites (N-methyl/N-ethyl adjacent to an activating group) is 1. The quantitative estimate of drug-likeness (QED) is 0.623. The van der Waals surface area contributed by atoms with Crippen LogP contribution in [0.15, 0.2) is 30.3 Å². The molecule has 5 heteroatoms. The van der Waals surface area contributed by atoms with Crippen molar-refractivity contribution in [2.75, 3.05) is 32.6 Å². The zero-order valence-electron chi connectivity index (χ0n) is 11.1. The van der Waals surface area contributed by atoms with E-state index in [9.17, 15) is 4.79 Å². The summed E-state index contributed by atoms with van der Waals surface area (Å²) in [6, 6.07) is 9.42. The van der Waals surface area contributed by atoms with Crippen LogP contribution in [-0.4, -0.2) is 48.8 Å². The van der Waals surface area contributed by atoms with Gasteiger partial charge in [0.2, 0.25) is 0 Å². The van der Waals surface area contributed by atoms with Crippen LogP contribution in [0.3, 0.4) is 0 Å². The predicted molar refractivity (Wildman–Crippen MR) is 68.6 cm³/mol. The number of carbonyl (C=O) groups is 1. The summed E-state index contributed by atoms with van der Waals surface area (Å²) >= 11 is 0. The molecule has 4 nitrogen and oxygen atoms in total. The van der Waals surface area contributed by atoms with Gasteiger partial charge in [-0.3, -0.25) is 4.79 Å². The number of nitrogens with one attached hydrogen (secondary N) is 1. The van der Waals surface area contributed by atoms with Gasteiger partial charge in [-0.1, -0.05) is 18.2 Å². The Morgan fingerprint density at radius 1 is 1.33 bits per heavy atom. The molecular weight excluding hydrogens is 296 g/mol. The van der Waals surface area contributed by atoms with Crippen LogP contribution in [0.2, 0.25) is 0 Å². The topological polar surface area (TPSA) is 49.3 Å². The van der Waals surface area contributed by atoms with Crippen LogP contribution < -0.4 is 22.3 Å². The Bertz CT molecular complexity index is 369. The van der Waals surface area contributed by atoms with Crippen molar-refractivity contribution in [3.05, 3.63) is 30.3 Å². The van der Waals surface area contributed by atoms with Crippen LogP contribution in [0, 0.1) is 0 Å². The van der Waals surface area contributed by atoms with Crippen LogP contribution in [-0.2, 0) is 4.79 Å². The SMILES string of the molecule is CC(CO)[N+](C)(C)CC(=O)Nc1ccccc1.[Br-]. The van der Waals surface area contributed by atoms with Crippen LogP contribution in [0.1, 0.15) is 6.92 Å². The van der Waals surface area contributed by atoms with E-state index in [1.807, 2.05) is 51.4 Å². The first kappa shape index (κ1) is 17.1. The van der Waals surface area contributed by atoms with E-state index in [1.54, 1.807) is 0 Å². The molecule has 1 unspecified atom stereocenters. The van der Waals surface area contributed by atoms with Gasteiger partial charge in [-0.05, 0) is 19.1 Å². The minimum atomic E-state index is -0.0403. The summed E-state index contributed by atoms with van der Waals surface area (Å²) in [5.74, 6) is -0.0403. The van der Waals surface area contributed by atoms with E-state index < -0.39 is 0 Å². The van der Waals surface area contributed by atoms with Gasteiger partial charge in [-0.15, -0.1) is 0 Å². The van der Waals surface area contributed by atoms with Gasteiger partial charge in [0.15, 0.2) is 6.54 Å². The Morgan fingerprint density at radius 3 is 2.39 bits per heavy atom. The van der Waals surface area contributed by atoms with E-state index in [-0.39, 0.29) is 35.5 Å². The minimum Gasteiger partial charge on any atom is -1.00 e. The van der Waals surface area contributed by atoms with E-state index in [0.29, 0.717) is 11.0 Å². The molecule has 1 aromatic rings. The van der Waals surface area contributed by atoms with Gasteiger partial charge in [0, 0.05) is 5.69 Å². The summed E-state index contributed by atoms with van der Waals surface area (Å²) in [7, 11) is 3.87. The van der Waals surface area contributed by atoms with E-state index >= 15 is 0 Å². The van der Waals surface area contributed by atoms with Crippen molar-refractivity contribution in [1.29, 1.82) is 0 Å². The highest BCUT2D eigenvalue weighted by Crippen LogP contribution is 2.08. The summed E-state index contributed by atoms with van der Waals surface area (Å²) < 4.78 is 0.467. The zero-order chi connectivity index (χ0) is 12.9. The summed E-state index contributed by atoms with van der Waals surface area (Å²) in [6.45, 7) is 2.35. The molecule has 0 fully saturated rings. The minimum absolute atomic E-state index is 0. The third-order valence-electron chi connectivity index (χ3n) is 3.07. The highest BCUT2D eigenvalue weighted by atomic mass is 79.9. The molecule has 0 saturated heterocycles. The summed E-state index contributed by atoms with van der Waals surface area (Å²) in [5.41, 5.74) is 0.800. The van der Waals surface area contributed by atoms with Gasteiger partial charge in [0.05, 0.1) is 20.7 Å². The number of rotatable bonds is 5. The van der Waals surface area contributed by atoms with Crippen LogP contribution in [0.4, 0.5) is 5.69 Å². The third kappa shape index (κ3) is 5.16. The molecule has 0 heterocycles. The molecule has 0 aromatic heterocycles. The molecule has 0 radical (unpaired) electrons. The number of hydrogen-bond donors (Lipinski definition) is 2. The lowest BCUT2D eigenvalue weighted by Gasteiger charge is -2.34. The van der Waals surface area contributed by atoms with Crippen molar-refractivity contribution in [2.45, 2.75) is 13.0 Å². The molecule has 0 spiro atoms. The number of amides is 1. The maximum Gasteiger partial charge on any atom is 0.279 e. The zero-order valence-corrected chi connectivity index (χ0v) is 12.6. The second-order valence-electron chi connectivity index (χ2n) is 4.88. The summed E-state index contributed by atoms with van der Waals surface area (Å²) in [6.07, 6.45) is 0. The molecule has 1 amide bonds. The number of para-hydroxylation sites is 1. The highest BCUT2D eigenvalue weighted by molar-refractivity contribution is 5.91. The molecule has 1 rings (SSSR count). The van der Waals surface area contributed by atoms with Crippen molar-refractivity contribution >= 4 is 11.6 Å². The van der Waals surface area contributed by atoms with E-state index in [0.717, 1.165) is 5.69 Å². The fraction of sp³-hybridized carbons (Fsp3) is 0.462. The second-order valence-corrected chi connectivity index (χ2v) is 4.88. The Morgan fingerprint density at radius 2 is 1.89 bits per heavy atom. The number of benzene rings is 1. The predicted octanol–water partition coefficient (Wildman–Crippen LogP) is -1.91. The number of hydrogen-bond acceptors (Lipinski definition) is 2. The second kappa shape index (κ2) is 7.51. The molecule has 0 bridgehead atoms. The Balaban J connectivity index is 0.00000289. The van der Waals surface area contributed by atoms with Gasteiger partial charge in [-0.2, -0.15) is 0 Å². The standard InChI is InChI=1S/C13H20N2O2.BrH/c1-11(10-16)15(2,3)9-13(17)14-12-7-5-4-6-8-12;/h4-8,11,16H,9-10H2,1-3H3;1H. The maximum atomic E-state index is 11.8. The Kier molecular flexibility index (Phi) is 7.13. The van der Waals surface area contributed by atoms with Crippen molar-refractivity contribution in [3.8, 4) is 0 Å². The lowest BCUT2D eigenvalue weighted by Crippen LogP contribution is -3.00. The Hall–Kier alpha value is -0.910. The van der Waals surface area contributed by atoms with Crippen molar-refractivity contribution < 1.29 is 31.4 Å². The highest BCUT2D eigenvalue weighted by Gasteiger charge is 2.26. The monoisotopic (exact) mass is 316 g/mol. The summed E-state index contributed by atoms with van der Waals surface area (Å²) in [4.78, 5) is 11.8. The van der Waals surface area contributed by atoms with Gasteiger partial charge in [0.1, 0.15) is 6.04 Å². The molecule has 0 aliphatic heterocycles. The largest absolute Gasteiger partial charge is 1.00 e. The fourth-order valence-electron chi connectivity index (χ4n) is 1.47. The number of aliphatic hydroxyl groups excluding tert-OH is 1. The molecule has 1 aromatic carbocycles. The molecular formula is C13H21BrN2O2. The van der Waals surface area contributed by atoms with Gasteiger partial charge in [0.25, 0.3) is 5.91 Å². The van der Waals surface area contributed by atoms with Gasteiger partial charge < -0.3 is 31.9 Å². The number of nitrogens with zero attached hydrogens (tertiary/aromatic N) is 1. The fourth-order valence-corrected chi connectivity index (χ4v) is 1.47. The number of halogens is 1. The smallest absolute Gasteiger partial charge is 0.279 e. The maximum absolute atomic E-state index is 11.8. The molecule has 1 atom stereocenters. The molecule has 102 valence electrons. The molecule has 2 N–H and O–H groups in total. The van der Waals surface area contributed by atoms with Gasteiger partial charge in [-0.25, -0.2) is 0 Å². The number of carbonyl (C=O) groups excluding carboxylic acids is 1. The summed E-state index contributed by atoms with van der Waals surface area (Å²) in [5, 5.41) is 12.0. The molecule has 18 heavy (non-hydrogen) atoms. The van der Waals surface area contributed by atoms with E-state index in [1.165, 1.54) is 0 Å². The molecule has 0 aliphatic carbocycles. The Labute approximate surface area is 119 Å². The van der Waals surface area contributed by atoms with Crippen LogP contribution in [0.5, 0.6) is 0 Å². The third-order valence-corrected chi connectivity index (χ3v) is 3.07. The van der Waals surface area contributed by atoms with Crippen LogP contribution in [0.25, 0.3) is 0 Å². The molecule has 0 aliphatic rings. The van der Waals surface area contributed by atoms with E-state index in [4.69, 9.17) is 5.11 Å². The van der Waals surface area contributed by atoms with Crippen molar-refractivity contribution in [1.82, 2.24) is 0 Å². The normalized spacial score (nSPS) is 12.4. The average molecular weight is 317 g/mol. The number of quaternary nitrogens is 1.